The molecular weight excluding hydrogens is 218 g/mol. The van der Waals surface area contributed by atoms with Crippen LogP contribution in [0.1, 0.15) is 37.4 Å². The Bertz CT molecular complexity index is 545. The summed E-state index contributed by atoms with van der Waals surface area (Å²) >= 11 is 0. The first-order valence-corrected chi connectivity index (χ1v) is 6.80. The molecule has 0 N–H and O–H groups in total. The van der Waals surface area contributed by atoms with Crippen LogP contribution in [0.5, 0.6) is 0 Å². The molecule has 0 amide bonds. The molecule has 3 rings (SSSR count). The Kier molecular flexibility index (Phi) is 2.91. The number of hydrogen-bond donors (Lipinski definition) is 0. The van der Waals surface area contributed by atoms with E-state index in [-0.39, 0.29) is 0 Å². The van der Waals surface area contributed by atoms with Gasteiger partial charge in [0.15, 0.2) is 0 Å². The molecule has 1 nitrogen and oxygen atoms in total. The first kappa shape index (κ1) is 11.5. The zero-order valence-corrected chi connectivity index (χ0v) is 11.1. The van der Waals surface area contributed by atoms with E-state index in [9.17, 15) is 0 Å². The standard InChI is InChI=1S/C17H19N/c1-12-8-9-15-10-16(11-18-17(15)13(12)2)14-6-4-3-5-7-14/h3-7,10-13H,8-9H2,1-2H3. The van der Waals surface area contributed by atoms with Crippen LogP contribution in [0.4, 0.5) is 0 Å². The van der Waals surface area contributed by atoms with E-state index in [1.165, 1.54) is 35.2 Å². The summed E-state index contributed by atoms with van der Waals surface area (Å²) in [6.45, 7) is 4.64. The van der Waals surface area contributed by atoms with E-state index in [1.807, 2.05) is 6.20 Å². The SMILES string of the molecule is CC1CCc2cc(-c3ccccc3)cnc2C1C. The maximum Gasteiger partial charge on any atom is 0.0466 e. The van der Waals surface area contributed by atoms with Gasteiger partial charge in [0.1, 0.15) is 0 Å². The fourth-order valence-electron chi connectivity index (χ4n) is 2.82. The fraction of sp³-hybridized carbons (Fsp3) is 0.353. The van der Waals surface area contributed by atoms with Gasteiger partial charge in [-0.2, -0.15) is 0 Å². The lowest BCUT2D eigenvalue weighted by Gasteiger charge is -2.27. The smallest absolute Gasteiger partial charge is 0.0466 e. The van der Waals surface area contributed by atoms with E-state index in [2.05, 4.69) is 50.2 Å². The van der Waals surface area contributed by atoms with Crippen LogP contribution in [0.2, 0.25) is 0 Å². The molecule has 1 aliphatic carbocycles. The lowest BCUT2D eigenvalue weighted by atomic mass is 9.79. The minimum Gasteiger partial charge on any atom is -0.260 e. The Labute approximate surface area is 109 Å². The highest BCUT2D eigenvalue weighted by Gasteiger charge is 2.24. The van der Waals surface area contributed by atoms with Gasteiger partial charge in [0.05, 0.1) is 0 Å². The molecule has 0 aliphatic heterocycles. The monoisotopic (exact) mass is 237 g/mol. The summed E-state index contributed by atoms with van der Waals surface area (Å²) in [5, 5.41) is 0. The van der Waals surface area contributed by atoms with Gasteiger partial charge in [-0.1, -0.05) is 44.2 Å². The lowest BCUT2D eigenvalue weighted by molar-refractivity contribution is 0.417. The van der Waals surface area contributed by atoms with Gasteiger partial charge in [-0.3, -0.25) is 4.98 Å². The summed E-state index contributed by atoms with van der Waals surface area (Å²) in [6.07, 6.45) is 4.49. The Morgan fingerprint density at radius 1 is 1.06 bits per heavy atom. The third-order valence-electron chi connectivity index (χ3n) is 4.26. The Morgan fingerprint density at radius 3 is 2.61 bits per heavy atom. The highest BCUT2D eigenvalue weighted by molar-refractivity contribution is 5.63. The van der Waals surface area contributed by atoms with Crippen molar-refractivity contribution in [2.75, 3.05) is 0 Å². The molecule has 0 bridgehead atoms. The zero-order chi connectivity index (χ0) is 12.5. The molecular formula is C17H19N. The molecule has 1 heterocycles. The van der Waals surface area contributed by atoms with Crippen molar-refractivity contribution in [3.8, 4) is 11.1 Å². The van der Waals surface area contributed by atoms with Crippen LogP contribution in [0.3, 0.4) is 0 Å². The molecule has 1 heteroatoms. The molecule has 1 aliphatic rings. The number of fused-ring (bicyclic) bond motifs is 1. The van der Waals surface area contributed by atoms with E-state index in [4.69, 9.17) is 4.98 Å². The molecule has 0 saturated carbocycles. The van der Waals surface area contributed by atoms with Gasteiger partial charge in [-0.05, 0) is 36.0 Å². The Balaban J connectivity index is 2.02. The van der Waals surface area contributed by atoms with Crippen molar-refractivity contribution in [2.45, 2.75) is 32.6 Å². The molecule has 2 unspecified atom stereocenters. The number of benzene rings is 1. The van der Waals surface area contributed by atoms with Gasteiger partial charge in [0.2, 0.25) is 0 Å². The summed E-state index contributed by atoms with van der Waals surface area (Å²) in [7, 11) is 0. The molecule has 0 saturated heterocycles. The number of pyridine rings is 1. The number of aromatic nitrogens is 1. The normalized spacial score (nSPS) is 22.6. The molecule has 2 atom stereocenters. The second-order valence-electron chi connectivity index (χ2n) is 5.44. The van der Waals surface area contributed by atoms with Crippen molar-refractivity contribution >= 4 is 0 Å². The second kappa shape index (κ2) is 4.56. The molecule has 2 aromatic rings. The molecule has 0 fully saturated rings. The van der Waals surface area contributed by atoms with Crippen molar-refractivity contribution in [1.29, 1.82) is 0 Å². The fourth-order valence-corrected chi connectivity index (χ4v) is 2.82. The first-order valence-electron chi connectivity index (χ1n) is 6.80. The summed E-state index contributed by atoms with van der Waals surface area (Å²) in [5.41, 5.74) is 5.27. The minimum absolute atomic E-state index is 0.596. The van der Waals surface area contributed by atoms with Crippen LogP contribution in [0.15, 0.2) is 42.6 Å². The average Bonchev–Trinajstić information content (AvgIpc) is 2.44. The van der Waals surface area contributed by atoms with Crippen molar-refractivity contribution < 1.29 is 0 Å². The number of aryl methyl sites for hydroxylation is 1. The molecule has 18 heavy (non-hydrogen) atoms. The second-order valence-corrected chi connectivity index (χ2v) is 5.44. The predicted molar refractivity (Wildman–Crippen MR) is 75.6 cm³/mol. The van der Waals surface area contributed by atoms with Crippen LogP contribution < -0.4 is 0 Å². The lowest BCUT2D eigenvalue weighted by Crippen LogP contribution is -2.17. The first-order chi connectivity index (χ1) is 8.75. The third kappa shape index (κ3) is 1.94. The van der Waals surface area contributed by atoms with E-state index >= 15 is 0 Å². The van der Waals surface area contributed by atoms with E-state index in [1.54, 1.807) is 0 Å². The zero-order valence-electron chi connectivity index (χ0n) is 11.1. The topological polar surface area (TPSA) is 12.9 Å². The van der Waals surface area contributed by atoms with Crippen molar-refractivity contribution in [3.05, 3.63) is 53.9 Å². The number of nitrogens with zero attached hydrogens (tertiary/aromatic N) is 1. The summed E-state index contributed by atoms with van der Waals surface area (Å²) < 4.78 is 0. The van der Waals surface area contributed by atoms with Crippen molar-refractivity contribution in [3.63, 3.8) is 0 Å². The van der Waals surface area contributed by atoms with Crippen LogP contribution in [0.25, 0.3) is 11.1 Å². The Hall–Kier alpha value is -1.63. The Morgan fingerprint density at radius 2 is 1.83 bits per heavy atom. The average molecular weight is 237 g/mol. The molecule has 1 aromatic carbocycles. The van der Waals surface area contributed by atoms with Crippen LogP contribution >= 0.6 is 0 Å². The van der Waals surface area contributed by atoms with Crippen LogP contribution in [0, 0.1) is 5.92 Å². The molecule has 1 aromatic heterocycles. The highest BCUT2D eigenvalue weighted by Crippen LogP contribution is 2.35. The van der Waals surface area contributed by atoms with Gasteiger partial charge < -0.3 is 0 Å². The molecule has 0 radical (unpaired) electrons. The molecule has 0 spiro atoms. The largest absolute Gasteiger partial charge is 0.260 e. The molecule has 92 valence electrons. The summed E-state index contributed by atoms with van der Waals surface area (Å²) in [6, 6.07) is 12.9. The number of rotatable bonds is 1. The highest BCUT2D eigenvalue weighted by atomic mass is 14.7. The van der Waals surface area contributed by atoms with Crippen LogP contribution in [-0.2, 0) is 6.42 Å². The minimum atomic E-state index is 0.596. The van der Waals surface area contributed by atoms with E-state index < -0.39 is 0 Å². The van der Waals surface area contributed by atoms with Gasteiger partial charge in [-0.25, -0.2) is 0 Å². The van der Waals surface area contributed by atoms with Gasteiger partial charge >= 0.3 is 0 Å². The maximum atomic E-state index is 4.73. The van der Waals surface area contributed by atoms with Crippen LogP contribution in [-0.4, -0.2) is 4.98 Å². The summed E-state index contributed by atoms with van der Waals surface area (Å²) in [5.74, 6) is 1.35. The van der Waals surface area contributed by atoms with E-state index in [0.29, 0.717) is 5.92 Å². The van der Waals surface area contributed by atoms with Crippen molar-refractivity contribution in [2.24, 2.45) is 5.92 Å². The van der Waals surface area contributed by atoms with Crippen molar-refractivity contribution in [1.82, 2.24) is 4.98 Å². The maximum absolute atomic E-state index is 4.73. The van der Waals surface area contributed by atoms with Gasteiger partial charge in [0, 0.05) is 23.4 Å². The van der Waals surface area contributed by atoms with Gasteiger partial charge in [0.25, 0.3) is 0 Å². The van der Waals surface area contributed by atoms with E-state index in [0.717, 1.165) is 5.92 Å². The predicted octanol–water partition coefficient (Wildman–Crippen LogP) is 4.43. The summed E-state index contributed by atoms with van der Waals surface area (Å²) in [4.78, 5) is 4.73. The quantitative estimate of drug-likeness (QED) is 0.714. The van der Waals surface area contributed by atoms with Gasteiger partial charge in [-0.15, -0.1) is 0 Å². The number of hydrogen-bond acceptors (Lipinski definition) is 1. The third-order valence-corrected chi connectivity index (χ3v) is 4.26.